The summed E-state index contributed by atoms with van der Waals surface area (Å²) in [7, 11) is 4.47. The molecule has 2 aliphatic heterocycles. The Balaban J connectivity index is 1.03. The summed E-state index contributed by atoms with van der Waals surface area (Å²) in [5.74, 6) is 0.558. The van der Waals surface area contributed by atoms with Crippen molar-refractivity contribution < 1.29 is 41.7 Å². The number of carbonyl (C=O) groups excluding carboxylic acids is 2. The van der Waals surface area contributed by atoms with E-state index in [1.165, 1.54) is 33.5 Å². The number of methoxy groups -OCH3 is 3. The zero-order valence-electron chi connectivity index (χ0n) is 31.4. The lowest BCUT2D eigenvalue weighted by molar-refractivity contribution is 0.0776. The number of aromatic nitrogens is 2. The van der Waals surface area contributed by atoms with Crippen LogP contribution in [-0.2, 0) is 23.3 Å². The Kier molecular flexibility index (Phi) is 11.5. The van der Waals surface area contributed by atoms with Crippen molar-refractivity contribution in [2.24, 2.45) is 5.92 Å². The molecule has 1 atom stereocenters. The van der Waals surface area contributed by atoms with Gasteiger partial charge in [-0.1, -0.05) is 18.2 Å². The number of para-hydroxylation sites is 2. The highest BCUT2D eigenvalue weighted by atomic mass is 19.1. The fourth-order valence-corrected chi connectivity index (χ4v) is 8.10. The number of nitrogens with zero attached hydrogens (tertiary/aromatic N) is 4. The molecular formula is C42H46F2N4O7. The van der Waals surface area contributed by atoms with E-state index in [0.29, 0.717) is 106 Å². The third kappa shape index (κ3) is 7.95. The highest BCUT2D eigenvalue weighted by Gasteiger charge is 2.44. The van der Waals surface area contributed by atoms with Crippen LogP contribution in [0.3, 0.4) is 0 Å². The third-order valence-corrected chi connectivity index (χ3v) is 11.1. The van der Waals surface area contributed by atoms with Crippen LogP contribution in [0.15, 0.2) is 77.4 Å². The molecule has 4 heterocycles. The zero-order valence-corrected chi connectivity index (χ0v) is 31.4. The Morgan fingerprint density at radius 1 is 0.909 bits per heavy atom. The number of ether oxygens (including phenoxy) is 4. The molecule has 2 aromatic heterocycles. The van der Waals surface area contributed by atoms with Gasteiger partial charge in [-0.05, 0) is 93.3 Å². The molecule has 55 heavy (non-hydrogen) atoms. The number of fused-ring (bicyclic) bond motifs is 1. The number of furan rings is 1. The number of likely N-dealkylation sites (tertiary alicyclic amines) is 2. The van der Waals surface area contributed by atoms with Gasteiger partial charge in [0.25, 0.3) is 5.91 Å². The third-order valence-electron chi connectivity index (χ3n) is 11.1. The molecule has 2 fully saturated rings. The second-order valence-corrected chi connectivity index (χ2v) is 14.2. The Bertz CT molecular complexity index is 2100. The second-order valence-electron chi connectivity index (χ2n) is 14.2. The number of halogens is 2. The number of piperidine rings is 1. The Hall–Kier alpha value is -5.27. The van der Waals surface area contributed by atoms with Crippen molar-refractivity contribution in [2.75, 3.05) is 60.7 Å². The van der Waals surface area contributed by atoms with Gasteiger partial charge in [-0.25, -0.2) is 13.8 Å². The van der Waals surface area contributed by atoms with Gasteiger partial charge in [0, 0.05) is 42.6 Å². The predicted octanol–water partition coefficient (Wildman–Crippen LogP) is 6.92. The summed E-state index contributed by atoms with van der Waals surface area (Å²) < 4.78 is 59.2. The Morgan fingerprint density at radius 3 is 2.36 bits per heavy atom. The number of rotatable bonds is 15. The SMILES string of the molecule is COc1cc(C(=O)N2CCC(CCN3CCC(C(=O)c4nc5ccccc5n4CCOCc4ccco4)CC3)(c3ccc(F)cc3F)C2)cc(OC)c1OC. The second kappa shape index (κ2) is 16.6. The van der Waals surface area contributed by atoms with Crippen LogP contribution < -0.4 is 14.2 Å². The van der Waals surface area contributed by atoms with Crippen LogP contribution in [0.25, 0.3) is 11.0 Å². The number of ketones is 1. The van der Waals surface area contributed by atoms with E-state index < -0.39 is 17.0 Å². The van der Waals surface area contributed by atoms with Gasteiger partial charge in [-0.2, -0.15) is 0 Å². The lowest BCUT2D eigenvalue weighted by atomic mass is 9.76. The summed E-state index contributed by atoms with van der Waals surface area (Å²) in [4.78, 5) is 36.7. The molecule has 290 valence electrons. The van der Waals surface area contributed by atoms with Gasteiger partial charge in [0.05, 0.1) is 45.2 Å². The quantitative estimate of drug-likeness (QED) is 0.0832. The summed E-state index contributed by atoms with van der Waals surface area (Å²) in [6, 6.07) is 18.3. The monoisotopic (exact) mass is 756 g/mol. The fourth-order valence-electron chi connectivity index (χ4n) is 8.10. The molecule has 13 heteroatoms. The van der Waals surface area contributed by atoms with Crippen molar-refractivity contribution in [3.05, 3.63) is 107 Å². The number of carbonyl (C=O) groups is 2. The number of hydrogen-bond donors (Lipinski definition) is 0. The summed E-state index contributed by atoms with van der Waals surface area (Å²) in [5.41, 5.74) is 1.65. The summed E-state index contributed by atoms with van der Waals surface area (Å²) in [6.45, 7) is 3.83. The number of benzene rings is 3. The first-order valence-electron chi connectivity index (χ1n) is 18.6. The van der Waals surface area contributed by atoms with Gasteiger partial charge >= 0.3 is 0 Å². The minimum atomic E-state index is -0.745. The van der Waals surface area contributed by atoms with Crippen molar-refractivity contribution in [3.8, 4) is 17.2 Å². The van der Waals surface area contributed by atoms with Gasteiger partial charge in [0.1, 0.15) is 24.0 Å². The van der Waals surface area contributed by atoms with Crippen LogP contribution in [0.4, 0.5) is 8.78 Å². The van der Waals surface area contributed by atoms with Crippen molar-refractivity contribution in [3.63, 3.8) is 0 Å². The molecule has 11 nitrogen and oxygen atoms in total. The van der Waals surface area contributed by atoms with Crippen LogP contribution >= 0.6 is 0 Å². The van der Waals surface area contributed by atoms with E-state index in [-0.39, 0.29) is 24.2 Å². The molecule has 0 aliphatic carbocycles. The van der Waals surface area contributed by atoms with Crippen molar-refractivity contribution in [1.82, 2.24) is 19.4 Å². The molecule has 0 radical (unpaired) electrons. The molecule has 0 spiro atoms. The van der Waals surface area contributed by atoms with Crippen LogP contribution in [0.5, 0.6) is 17.2 Å². The van der Waals surface area contributed by atoms with Crippen molar-refractivity contribution in [1.29, 1.82) is 0 Å². The highest BCUT2D eigenvalue weighted by Crippen LogP contribution is 2.42. The standard InChI is InChI=1S/C42H46F2N4O7/c1-51-36-23-29(24-37(52-2)39(36)53-3)41(50)47-19-15-42(27-47,32-11-10-30(43)25-33(32)44)14-18-46-16-12-28(13-17-46)38(49)40-45-34-8-4-5-9-35(34)48(40)20-22-54-26-31-7-6-21-55-31/h4-11,21,23-25,28H,12-20,22,26-27H2,1-3H3. The van der Waals surface area contributed by atoms with Crippen LogP contribution in [0, 0.1) is 17.6 Å². The van der Waals surface area contributed by atoms with Crippen molar-refractivity contribution >= 4 is 22.7 Å². The minimum absolute atomic E-state index is 0.0171. The molecular weight excluding hydrogens is 710 g/mol. The first-order valence-corrected chi connectivity index (χ1v) is 18.6. The maximum absolute atomic E-state index is 15.6. The zero-order chi connectivity index (χ0) is 38.5. The lowest BCUT2D eigenvalue weighted by Gasteiger charge is -2.36. The number of imidazole rings is 1. The van der Waals surface area contributed by atoms with E-state index in [9.17, 15) is 14.0 Å². The number of Topliss-reactive ketones (excluding diaryl/α,β-unsaturated/α-hetero) is 1. The lowest BCUT2D eigenvalue weighted by Crippen LogP contribution is -2.41. The molecule has 1 amide bonds. The predicted molar refractivity (Wildman–Crippen MR) is 201 cm³/mol. The molecule has 0 saturated carbocycles. The molecule has 0 N–H and O–H groups in total. The first-order chi connectivity index (χ1) is 26.7. The average molecular weight is 757 g/mol. The van der Waals surface area contributed by atoms with Gasteiger partial charge in [0.15, 0.2) is 17.3 Å². The molecule has 0 bridgehead atoms. The number of hydrogen-bond acceptors (Lipinski definition) is 9. The molecule has 2 aliphatic rings. The van der Waals surface area contributed by atoms with Crippen LogP contribution in [0.1, 0.15) is 58.0 Å². The van der Waals surface area contributed by atoms with E-state index in [0.717, 1.165) is 22.9 Å². The maximum atomic E-state index is 15.6. The van der Waals surface area contributed by atoms with E-state index >= 15 is 4.39 Å². The first kappa shape index (κ1) is 38.0. The smallest absolute Gasteiger partial charge is 0.254 e. The summed E-state index contributed by atoms with van der Waals surface area (Å²) in [6.07, 6.45) is 3.96. The molecule has 1 unspecified atom stereocenters. The molecule has 3 aromatic carbocycles. The topological polar surface area (TPSA) is 109 Å². The summed E-state index contributed by atoms with van der Waals surface area (Å²) in [5, 5.41) is 0. The largest absolute Gasteiger partial charge is 0.493 e. The average Bonchev–Trinajstić information content (AvgIpc) is 3.98. The summed E-state index contributed by atoms with van der Waals surface area (Å²) >= 11 is 0. The molecule has 7 rings (SSSR count). The van der Waals surface area contributed by atoms with Gasteiger partial charge in [-0.15, -0.1) is 0 Å². The normalized spacial score (nSPS) is 17.9. The Labute approximate surface area is 318 Å². The number of amides is 1. The van der Waals surface area contributed by atoms with E-state index in [2.05, 4.69) is 4.90 Å². The maximum Gasteiger partial charge on any atom is 0.254 e. The highest BCUT2D eigenvalue weighted by molar-refractivity contribution is 5.98. The van der Waals surface area contributed by atoms with Crippen LogP contribution in [-0.4, -0.2) is 91.7 Å². The van der Waals surface area contributed by atoms with E-state index in [1.54, 1.807) is 23.3 Å². The van der Waals surface area contributed by atoms with Gasteiger partial charge in [0.2, 0.25) is 11.5 Å². The van der Waals surface area contributed by atoms with E-state index in [1.807, 2.05) is 41.0 Å². The fraction of sp³-hybridized carbons (Fsp3) is 0.405. The van der Waals surface area contributed by atoms with Gasteiger partial charge < -0.3 is 37.7 Å². The minimum Gasteiger partial charge on any atom is -0.493 e. The Morgan fingerprint density at radius 2 is 1.67 bits per heavy atom. The van der Waals surface area contributed by atoms with Crippen LogP contribution in [0.2, 0.25) is 0 Å². The molecule has 2 saturated heterocycles. The van der Waals surface area contributed by atoms with Gasteiger partial charge in [-0.3, -0.25) is 9.59 Å². The molecule has 5 aromatic rings. The van der Waals surface area contributed by atoms with E-state index in [4.69, 9.17) is 28.3 Å². The van der Waals surface area contributed by atoms with Crippen molar-refractivity contribution in [2.45, 2.75) is 44.2 Å².